The van der Waals surface area contributed by atoms with Crippen LogP contribution in [0.25, 0.3) is 0 Å². The molecule has 0 radical (unpaired) electrons. The lowest BCUT2D eigenvalue weighted by Crippen LogP contribution is -2.24. The van der Waals surface area contributed by atoms with Crippen LogP contribution in [0.5, 0.6) is 0 Å². The molecular weight excluding hydrogens is 180 g/mol. The number of aliphatic carboxylic acids is 1. The molecular formula is C11H18O3. The number of carboxylic acid groups (broad SMARTS) is 1. The highest BCUT2D eigenvalue weighted by molar-refractivity contribution is 5.86. The van der Waals surface area contributed by atoms with E-state index >= 15 is 0 Å². The Morgan fingerprint density at radius 1 is 1.29 bits per heavy atom. The summed E-state index contributed by atoms with van der Waals surface area (Å²) in [6.45, 7) is 5.87. The predicted molar refractivity (Wildman–Crippen MR) is 52.9 cm³/mol. The molecule has 0 amide bonds. The zero-order chi connectivity index (χ0) is 10.9. The van der Waals surface area contributed by atoms with E-state index in [4.69, 9.17) is 5.11 Å². The van der Waals surface area contributed by atoms with Crippen LogP contribution in [0.1, 0.15) is 40.0 Å². The van der Waals surface area contributed by atoms with Gasteiger partial charge in [0, 0.05) is 12.3 Å². The van der Waals surface area contributed by atoms with Crippen molar-refractivity contribution in [1.29, 1.82) is 0 Å². The quantitative estimate of drug-likeness (QED) is 0.755. The van der Waals surface area contributed by atoms with Crippen LogP contribution in [0, 0.1) is 17.3 Å². The summed E-state index contributed by atoms with van der Waals surface area (Å²) in [4.78, 5) is 22.5. The predicted octanol–water partition coefficient (Wildman–Crippen LogP) is 2.10. The highest BCUT2D eigenvalue weighted by Gasteiger charge is 2.45. The number of Topliss-reactive ketones (excluding diaryl/α,β-unsaturated/α-hetero) is 1. The molecule has 3 nitrogen and oxygen atoms in total. The number of carbonyl (C=O) groups is 2. The first-order chi connectivity index (χ1) is 6.37. The van der Waals surface area contributed by atoms with Crippen LogP contribution in [-0.2, 0) is 9.59 Å². The van der Waals surface area contributed by atoms with E-state index in [1.54, 1.807) is 6.92 Å². The van der Waals surface area contributed by atoms with Crippen molar-refractivity contribution in [2.75, 3.05) is 0 Å². The van der Waals surface area contributed by atoms with Gasteiger partial charge in [0.1, 0.15) is 5.78 Å². The molecule has 3 heteroatoms. The molecule has 1 aliphatic carbocycles. The number of hydrogen-bond acceptors (Lipinski definition) is 2. The van der Waals surface area contributed by atoms with Crippen molar-refractivity contribution in [2.24, 2.45) is 17.3 Å². The Bertz CT molecular complexity index is 255. The second-order valence-electron chi connectivity index (χ2n) is 4.94. The molecule has 0 spiro atoms. The average molecular weight is 198 g/mol. The van der Waals surface area contributed by atoms with Crippen LogP contribution in [-0.4, -0.2) is 16.9 Å². The summed E-state index contributed by atoms with van der Waals surface area (Å²) in [6.07, 6.45) is 1.79. The molecule has 0 aliphatic heterocycles. The molecule has 2 unspecified atom stereocenters. The number of carboxylic acids is 1. The Balaban J connectivity index is 2.83. The Labute approximate surface area is 84.5 Å². The van der Waals surface area contributed by atoms with E-state index in [9.17, 15) is 9.59 Å². The third-order valence-electron chi connectivity index (χ3n) is 3.11. The molecule has 0 bridgehead atoms. The maximum absolute atomic E-state index is 11.6. The molecule has 0 aromatic heterocycles. The standard InChI is InChI=1S/C11H18O3/c1-4-9(12)7-5-11(2,3)6-8(7)10(13)14/h7-8H,4-6H2,1-3H3,(H,13,14). The monoisotopic (exact) mass is 198 g/mol. The molecule has 80 valence electrons. The van der Waals surface area contributed by atoms with Gasteiger partial charge in [0.25, 0.3) is 0 Å². The second-order valence-corrected chi connectivity index (χ2v) is 4.94. The second kappa shape index (κ2) is 3.71. The van der Waals surface area contributed by atoms with Gasteiger partial charge in [-0.3, -0.25) is 9.59 Å². The fraction of sp³-hybridized carbons (Fsp3) is 0.818. The molecule has 14 heavy (non-hydrogen) atoms. The van der Waals surface area contributed by atoms with E-state index in [1.165, 1.54) is 0 Å². The molecule has 1 saturated carbocycles. The van der Waals surface area contributed by atoms with E-state index < -0.39 is 11.9 Å². The first-order valence-electron chi connectivity index (χ1n) is 5.13. The Kier molecular flexibility index (Phi) is 2.98. The maximum atomic E-state index is 11.6. The SMILES string of the molecule is CCC(=O)C1CC(C)(C)CC1C(=O)O. The summed E-state index contributed by atoms with van der Waals surface area (Å²) in [5.41, 5.74) is -0.00144. The molecule has 2 atom stereocenters. The molecule has 1 rings (SSSR count). The van der Waals surface area contributed by atoms with Crippen molar-refractivity contribution >= 4 is 11.8 Å². The van der Waals surface area contributed by atoms with Crippen LogP contribution in [0.3, 0.4) is 0 Å². The van der Waals surface area contributed by atoms with E-state index in [-0.39, 0.29) is 17.1 Å². The molecule has 1 fully saturated rings. The minimum absolute atomic E-state index is 0.00144. The van der Waals surface area contributed by atoms with Gasteiger partial charge < -0.3 is 5.11 Å². The molecule has 1 aliphatic rings. The van der Waals surface area contributed by atoms with Gasteiger partial charge in [-0.15, -0.1) is 0 Å². The van der Waals surface area contributed by atoms with Crippen molar-refractivity contribution in [3.8, 4) is 0 Å². The largest absolute Gasteiger partial charge is 0.481 e. The molecule has 0 heterocycles. The Hall–Kier alpha value is -0.860. The Morgan fingerprint density at radius 2 is 1.79 bits per heavy atom. The zero-order valence-electron chi connectivity index (χ0n) is 9.04. The van der Waals surface area contributed by atoms with E-state index in [0.29, 0.717) is 12.8 Å². The molecule has 1 N–H and O–H groups in total. The van der Waals surface area contributed by atoms with Gasteiger partial charge in [-0.25, -0.2) is 0 Å². The zero-order valence-corrected chi connectivity index (χ0v) is 9.04. The summed E-state index contributed by atoms with van der Waals surface area (Å²) in [6, 6.07) is 0. The first kappa shape index (κ1) is 11.2. The van der Waals surface area contributed by atoms with Gasteiger partial charge in [0.05, 0.1) is 5.92 Å². The number of ketones is 1. The molecule has 0 aromatic rings. The van der Waals surface area contributed by atoms with Crippen LogP contribution >= 0.6 is 0 Å². The highest BCUT2D eigenvalue weighted by Crippen LogP contribution is 2.45. The van der Waals surface area contributed by atoms with Gasteiger partial charge in [0.2, 0.25) is 0 Å². The molecule has 0 saturated heterocycles. The van der Waals surface area contributed by atoms with E-state index in [2.05, 4.69) is 0 Å². The van der Waals surface area contributed by atoms with Crippen molar-refractivity contribution in [2.45, 2.75) is 40.0 Å². The lowest BCUT2D eigenvalue weighted by atomic mass is 9.89. The van der Waals surface area contributed by atoms with Crippen molar-refractivity contribution in [3.05, 3.63) is 0 Å². The van der Waals surface area contributed by atoms with E-state index in [0.717, 1.165) is 6.42 Å². The summed E-state index contributed by atoms with van der Waals surface area (Å²) in [5.74, 6) is -1.43. The Morgan fingerprint density at radius 3 is 2.21 bits per heavy atom. The van der Waals surface area contributed by atoms with Gasteiger partial charge in [-0.05, 0) is 18.3 Å². The van der Waals surface area contributed by atoms with Crippen LogP contribution in [0.2, 0.25) is 0 Å². The van der Waals surface area contributed by atoms with Gasteiger partial charge in [0.15, 0.2) is 0 Å². The average Bonchev–Trinajstić information content (AvgIpc) is 2.40. The van der Waals surface area contributed by atoms with E-state index in [1.807, 2.05) is 13.8 Å². The van der Waals surface area contributed by atoms with Crippen LogP contribution in [0.4, 0.5) is 0 Å². The third kappa shape index (κ3) is 2.14. The van der Waals surface area contributed by atoms with Crippen LogP contribution in [0.15, 0.2) is 0 Å². The van der Waals surface area contributed by atoms with Gasteiger partial charge >= 0.3 is 5.97 Å². The van der Waals surface area contributed by atoms with Gasteiger partial charge in [-0.1, -0.05) is 20.8 Å². The molecule has 0 aromatic carbocycles. The number of rotatable bonds is 3. The lowest BCUT2D eigenvalue weighted by Gasteiger charge is -2.15. The fourth-order valence-electron chi connectivity index (χ4n) is 2.42. The lowest BCUT2D eigenvalue weighted by molar-refractivity contribution is -0.145. The van der Waals surface area contributed by atoms with Crippen molar-refractivity contribution in [3.63, 3.8) is 0 Å². The number of hydrogen-bond donors (Lipinski definition) is 1. The minimum Gasteiger partial charge on any atom is -0.481 e. The third-order valence-corrected chi connectivity index (χ3v) is 3.11. The van der Waals surface area contributed by atoms with Crippen molar-refractivity contribution in [1.82, 2.24) is 0 Å². The highest BCUT2D eigenvalue weighted by atomic mass is 16.4. The normalized spacial score (nSPS) is 30.2. The van der Waals surface area contributed by atoms with Gasteiger partial charge in [-0.2, -0.15) is 0 Å². The van der Waals surface area contributed by atoms with Crippen LogP contribution < -0.4 is 0 Å². The summed E-state index contributed by atoms with van der Waals surface area (Å²) in [7, 11) is 0. The van der Waals surface area contributed by atoms with Crippen molar-refractivity contribution < 1.29 is 14.7 Å². The number of carbonyl (C=O) groups excluding carboxylic acids is 1. The first-order valence-corrected chi connectivity index (χ1v) is 5.13. The summed E-state index contributed by atoms with van der Waals surface area (Å²) >= 11 is 0. The fourth-order valence-corrected chi connectivity index (χ4v) is 2.42. The summed E-state index contributed by atoms with van der Waals surface area (Å²) < 4.78 is 0. The topological polar surface area (TPSA) is 54.4 Å². The minimum atomic E-state index is -0.817. The smallest absolute Gasteiger partial charge is 0.307 e. The maximum Gasteiger partial charge on any atom is 0.307 e. The summed E-state index contributed by atoms with van der Waals surface area (Å²) in [5, 5.41) is 9.01.